The SMILES string of the molecule is COc1ccc(O)c(C(=O)N2C(C)SCC2C(=O)O)c1. The van der Waals surface area contributed by atoms with Gasteiger partial charge in [0.1, 0.15) is 17.5 Å². The lowest BCUT2D eigenvalue weighted by molar-refractivity contribution is -0.141. The molecule has 1 heterocycles. The molecule has 2 atom stereocenters. The number of amides is 1. The highest BCUT2D eigenvalue weighted by Gasteiger charge is 2.40. The Morgan fingerprint density at radius 1 is 1.45 bits per heavy atom. The Kier molecular flexibility index (Phi) is 4.08. The highest BCUT2D eigenvalue weighted by Crippen LogP contribution is 2.33. The highest BCUT2D eigenvalue weighted by molar-refractivity contribution is 8.00. The lowest BCUT2D eigenvalue weighted by Gasteiger charge is -2.25. The summed E-state index contributed by atoms with van der Waals surface area (Å²) in [5, 5.41) is 18.7. The fraction of sp³-hybridized carbons (Fsp3) is 0.385. The maximum Gasteiger partial charge on any atom is 0.327 e. The number of thioether (sulfide) groups is 1. The number of phenols is 1. The van der Waals surface area contributed by atoms with Crippen LogP contribution in [0, 0.1) is 0 Å². The number of aromatic hydroxyl groups is 1. The second-order valence-electron chi connectivity index (χ2n) is 4.38. The summed E-state index contributed by atoms with van der Waals surface area (Å²) < 4.78 is 5.02. The molecule has 0 bridgehead atoms. The summed E-state index contributed by atoms with van der Waals surface area (Å²) in [5.74, 6) is -0.974. The predicted molar refractivity (Wildman–Crippen MR) is 74.2 cm³/mol. The molecule has 1 saturated heterocycles. The highest BCUT2D eigenvalue weighted by atomic mass is 32.2. The Labute approximate surface area is 120 Å². The molecule has 1 aromatic carbocycles. The smallest absolute Gasteiger partial charge is 0.327 e. The van der Waals surface area contributed by atoms with Gasteiger partial charge >= 0.3 is 5.97 Å². The van der Waals surface area contributed by atoms with Crippen molar-refractivity contribution in [2.24, 2.45) is 0 Å². The number of nitrogens with zero attached hydrogens (tertiary/aromatic N) is 1. The number of ether oxygens (including phenoxy) is 1. The topological polar surface area (TPSA) is 87.1 Å². The van der Waals surface area contributed by atoms with Crippen molar-refractivity contribution in [2.75, 3.05) is 12.9 Å². The van der Waals surface area contributed by atoms with E-state index in [9.17, 15) is 19.8 Å². The monoisotopic (exact) mass is 297 g/mol. The third kappa shape index (κ3) is 2.53. The lowest BCUT2D eigenvalue weighted by Crippen LogP contribution is -2.44. The Balaban J connectivity index is 2.37. The van der Waals surface area contributed by atoms with Crippen LogP contribution in [0.15, 0.2) is 18.2 Å². The van der Waals surface area contributed by atoms with E-state index in [1.807, 2.05) is 0 Å². The summed E-state index contributed by atoms with van der Waals surface area (Å²) in [6.45, 7) is 1.77. The average molecular weight is 297 g/mol. The van der Waals surface area contributed by atoms with Crippen molar-refractivity contribution in [1.82, 2.24) is 4.90 Å². The van der Waals surface area contributed by atoms with Gasteiger partial charge in [-0.05, 0) is 25.1 Å². The fourth-order valence-electron chi connectivity index (χ4n) is 2.09. The van der Waals surface area contributed by atoms with E-state index in [0.717, 1.165) is 0 Å². The summed E-state index contributed by atoms with van der Waals surface area (Å²) in [6, 6.07) is 3.42. The zero-order chi connectivity index (χ0) is 14.9. The molecule has 0 aromatic heterocycles. The van der Waals surface area contributed by atoms with E-state index >= 15 is 0 Å². The van der Waals surface area contributed by atoms with Crippen LogP contribution < -0.4 is 4.74 Å². The lowest BCUT2D eigenvalue weighted by atomic mass is 10.1. The van der Waals surface area contributed by atoms with Gasteiger partial charge in [0.25, 0.3) is 5.91 Å². The molecule has 1 aliphatic heterocycles. The van der Waals surface area contributed by atoms with E-state index in [2.05, 4.69) is 0 Å². The number of benzene rings is 1. The number of rotatable bonds is 3. The molecule has 0 aliphatic carbocycles. The van der Waals surface area contributed by atoms with Gasteiger partial charge < -0.3 is 19.8 Å². The standard InChI is InChI=1S/C13H15NO5S/c1-7-14(10(6-20-7)13(17)18)12(16)9-5-8(19-2)3-4-11(9)15/h3-5,7,10,15H,6H2,1-2H3,(H,17,18). The van der Waals surface area contributed by atoms with E-state index in [4.69, 9.17) is 4.74 Å². The summed E-state index contributed by atoms with van der Waals surface area (Å²) >= 11 is 1.39. The molecule has 1 aromatic rings. The number of carboxylic acid groups (broad SMARTS) is 1. The molecule has 0 spiro atoms. The minimum atomic E-state index is -1.04. The second kappa shape index (κ2) is 5.62. The number of phenolic OH excluding ortho intramolecular Hbond substituents is 1. The van der Waals surface area contributed by atoms with E-state index < -0.39 is 17.9 Å². The van der Waals surface area contributed by atoms with Crippen LogP contribution in [0.4, 0.5) is 0 Å². The summed E-state index contributed by atoms with van der Waals surface area (Å²) in [6.07, 6.45) is 0. The largest absolute Gasteiger partial charge is 0.507 e. The quantitative estimate of drug-likeness (QED) is 0.876. The molecular formula is C13H15NO5S. The van der Waals surface area contributed by atoms with Crippen LogP contribution >= 0.6 is 11.8 Å². The number of carbonyl (C=O) groups excluding carboxylic acids is 1. The summed E-state index contributed by atoms with van der Waals surface area (Å²) in [4.78, 5) is 25.0. The van der Waals surface area contributed by atoms with E-state index in [1.165, 1.54) is 42.0 Å². The minimum absolute atomic E-state index is 0.0462. The number of hydrogen-bond acceptors (Lipinski definition) is 5. The van der Waals surface area contributed by atoms with Gasteiger partial charge in [-0.2, -0.15) is 0 Å². The first-order valence-corrected chi connectivity index (χ1v) is 7.04. The second-order valence-corrected chi connectivity index (χ2v) is 5.73. The number of carboxylic acids is 1. The number of methoxy groups -OCH3 is 1. The predicted octanol–water partition coefficient (Wildman–Crippen LogP) is 1.39. The Morgan fingerprint density at radius 3 is 2.75 bits per heavy atom. The van der Waals surface area contributed by atoms with Crippen LogP contribution in [-0.2, 0) is 4.79 Å². The van der Waals surface area contributed by atoms with Gasteiger partial charge in [0.15, 0.2) is 0 Å². The first kappa shape index (κ1) is 14.5. The molecule has 6 nitrogen and oxygen atoms in total. The van der Waals surface area contributed by atoms with Crippen molar-refractivity contribution in [3.8, 4) is 11.5 Å². The number of hydrogen-bond donors (Lipinski definition) is 2. The van der Waals surface area contributed by atoms with Crippen molar-refractivity contribution in [3.05, 3.63) is 23.8 Å². The number of aliphatic carboxylic acids is 1. The Morgan fingerprint density at radius 2 is 2.15 bits per heavy atom. The molecule has 1 amide bonds. The average Bonchev–Trinajstić information content (AvgIpc) is 2.80. The van der Waals surface area contributed by atoms with E-state index in [-0.39, 0.29) is 16.7 Å². The van der Waals surface area contributed by atoms with Crippen LogP contribution in [0.5, 0.6) is 11.5 Å². The van der Waals surface area contributed by atoms with Gasteiger partial charge in [-0.1, -0.05) is 0 Å². The zero-order valence-electron chi connectivity index (χ0n) is 11.1. The van der Waals surface area contributed by atoms with Crippen molar-refractivity contribution in [3.63, 3.8) is 0 Å². The Hall–Kier alpha value is -1.89. The maximum absolute atomic E-state index is 12.5. The molecule has 2 N–H and O–H groups in total. The Bertz CT molecular complexity index is 548. The van der Waals surface area contributed by atoms with Gasteiger partial charge in [-0.3, -0.25) is 4.79 Å². The molecule has 108 valence electrons. The van der Waals surface area contributed by atoms with Gasteiger partial charge in [-0.25, -0.2) is 4.79 Å². The normalized spacial score (nSPS) is 21.8. The molecule has 1 fully saturated rings. The molecular weight excluding hydrogens is 282 g/mol. The molecule has 2 unspecified atom stereocenters. The molecule has 1 aliphatic rings. The molecule has 20 heavy (non-hydrogen) atoms. The van der Waals surface area contributed by atoms with Gasteiger partial charge in [0, 0.05) is 5.75 Å². The summed E-state index contributed by atoms with van der Waals surface area (Å²) in [5.41, 5.74) is 0.0462. The minimum Gasteiger partial charge on any atom is -0.507 e. The molecule has 2 rings (SSSR count). The maximum atomic E-state index is 12.5. The van der Waals surface area contributed by atoms with Crippen LogP contribution in [0.1, 0.15) is 17.3 Å². The molecule has 0 saturated carbocycles. The van der Waals surface area contributed by atoms with E-state index in [1.54, 1.807) is 6.92 Å². The van der Waals surface area contributed by atoms with Gasteiger partial charge in [0.05, 0.1) is 18.0 Å². The van der Waals surface area contributed by atoms with Crippen LogP contribution in [0.2, 0.25) is 0 Å². The van der Waals surface area contributed by atoms with Crippen LogP contribution in [-0.4, -0.2) is 51.3 Å². The van der Waals surface area contributed by atoms with Crippen LogP contribution in [0.3, 0.4) is 0 Å². The first-order chi connectivity index (χ1) is 9.45. The van der Waals surface area contributed by atoms with Crippen LogP contribution in [0.25, 0.3) is 0 Å². The fourth-order valence-corrected chi connectivity index (χ4v) is 3.26. The van der Waals surface area contributed by atoms with Crippen molar-refractivity contribution < 1.29 is 24.5 Å². The van der Waals surface area contributed by atoms with E-state index in [0.29, 0.717) is 11.5 Å². The summed E-state index contributed by atoms with van der Waals surface area (Å²) in [7, 11) is 1.45. The molecule has 7 heteroatoms. The van der Waals surface area contributed by atoms with Gasteiger partial charge in [-0.15, -0.1) is 11.8 Å². The van der Waals surface area contributed by atoms with Crippen molar-refractivity contribution in [1.29, 1.82) is 0 Å². The van der Waals surface area contributed by atoms with Crippen molar-refractivity contribution in [2.45, 2.75) is 18.3 Å². The third-order valence-electron chi connectivity index (χ3n) is 3.18. The van der Waals surface area contributed by atoms with Crippen molar-refractivity contribution >= 4 is 23.6 Å². The third-order valence-corrected chi connectivity index (χ3v) is 4.39. The zero-order valence-corrected chi connectivity index (χ0v) is 11.9. The molecule has 0 radical (unpaired) electrons. The van der Waals surface area contributed by atoms with Gasteiger partial charge in [0.2, 0.25) is 0 Å². The first-order valence-electron chi connectivity index (χ1n) is 5.99. The number of carbonyl (C=O) groups is 2.